The lowest BCUT2D eigenvalue weighted by Crippen LogP contribution is -2.48. The minimum Gasteiger partial charge on any atom is -0.492 e. The molecule has 0 saturated carbocycles. The van der Waals surface area contributed by atoms with E-state index in [0.717, 1.165) is 24.5 Å². The second-order valence-electron chi connectivity index (χ2n) is 6.71. The lowest BCUT2D eigenvalue weighted by Gasteiger charge is -2.36. The van der Waals surface area contributed by atoms with E-state index in [2.05, 4.69) is 11.0 Å². The van der Waals surface area contributed by atoms with Crippen LogP contribution in [0.25, 0.3) is 0 Å². The summed E-state index contributed by atoms with van der Waals surface area (Å²) in [6.45, 7) is 10.4. The molecule has 0 N–H and O–H groups in total. The SMILES string of the molecule is CCOc1ccc(C(=O)N2CCN(c3ccccc3OCC)CC2)cc1OCC. The van der Waals surface area contributed by atoms with Crippen LogP contribution in [-0.2, 0) is 0 Å². The maximum atomic E-state index is 13.0. The van der Waals surface area contributed by atoms with E-state index >= 15 is 0 Å². The molecular formula is C23H30N2O4. The third-order valence-corrected chi connectivity index (χ3v) is 4.86. The van der Waals surface area contributed by atoms with E-state index in [1.54, 1.807) is 6.07 Å². The molecule has 0 aliphatic carbocycles. The molecule has 0 atom stereocenters. The van der Waals surface area contributed by atoms with E-state index < -0.39 is 0 Å². The highest BCUT2D eigenvalue weighted by Crippen LogP contribution is 2.31. The summed E-state index contributed by atoms with van der Waals surface area (Å²) in [6.07, 6.45) is 0. The van der Waals surface area contributed by atoms with Crippen molar-refractivity contribution in [2.75, 3.05) is 50.9 Å². The Morgan fingerprint density at radius 2 is 1.41 bits per heavy atom. The van der Waals surface area contributed by atoms with Gasteiger partial charge in [-0.2, -0.15) is 0 Å². The lowest BCUT2D eigenvalue weighted by molar-refractivity contribution is 0.0746. The van der Waals surface area contributed by atoms with Gasteiger partial charge in [0.05, 0.1) is 25.5 Å². The molecule has 156 valence electrons. The Morgan fingerprint density at radius 3 is 2.10 bits per heavy atom. The number of rotatable bonds is 8. The minimum absolute atomic E-state index is 0.0201. The van der Waals surface area contributed by atoms with Crippen LogP contribution in [0.5, 0.6) is 17.2 Å². The smallest absolute Gasteiger partial charge is 0.254 e. The Balaban J connectivity index is 1.68. The molecule has 3 rings (SSSR count). The largest absolute Gasteiger partial charge is 0.492 e. The van der Waals surface area contributed by atoms with Crippen LogP contribution in [0.3, 0.4) is 0 Å². The van der Waals surface area contributed by atoms with E-state index in [0.29, 0.717) is 50.0 Å². The van der Waals surface area contributed by atoms with Gasteiger partial charge in [-0.25, -0.2) is 0 Å². The summed E-state index contributed by atoms with van der Waals surface area (Å²) in [6, 6.07) is 13.5. The van der Waals surface area contributed by atoms with Gasteiger partial charge in [-0.15, -0.1) is 0 Å². The van der Waals surface area contributed by atoms with E-state index in [1.807, 2.05) is 56.0 Å². The van der Waals surface area contributed by atoms with Crippen LogP contribution in [0.15, 0.2) is 42.5 Å². The minimum atomic E-state index is 0.0201. The topological polar surface area (TPSA) is 51.2 Å². The third kappa shape index (κ3) is 4.94. The van der Waals surface area contributed by atoms with Gasteiger partial charge in [0, 0.05) is 31.7 Å². The number of nitrogens with zero attached hydrogens (tertiary/aromatic N) is 2. The molecule has 1 fully saturated rings. The molecule has 0 unspecified atom stereocenters. The molecule has 6 heteroatoms. The fourth-order valence-corrected chi connectivity index (χ4v) is 3.51. The van der Waals surface area contributed by atoms with Crippen LogP contribution in [0.2, 0.25) is 0 Å². The van der Waals surface area contributed by atoms with Gasteiger partial charge in [-0.1, -0.05) is 12.1 Å². The summed E-state index contributed by atoms with van der Waals surface area (Å²) < 4.78 is 17.0. The highest BCUT2D eigenvalue weighted by molar-refractivity contribution is 5.95. The van der Waals surface area contributed by atoms with Crippen LogP contribution in [0, 0.1) is 0 Å². The summed E-state index contributed by atoms with van der Waals surface area (Å²) in [5.74, 6) is 2.20. The molecule has 1 aliphatic heterocycles. The number of hydrogen-bond acceptors (Lipinski definition) is 5. The second kappa shape index (κ2) is 10.0. The average Bonchev–Trinajstić information content (AvgIpc) is 2.76. The lowest BCUT2D eigenvalue weighted by atomic mass is 10.1. The van der Waals surface area contributed by atoms with Gasteiger partial charge in [0.2, 0.25) is 0 Å². The summed E-state index contributed by atoms with van der Waals surface area (Å²) in [5, 5.41) is 0. The molecule has 1 amide bonds. The first-order chi connectivity index (χ1) is 14.2. The number of para-hydroxylation sites is 2. The normalized spacial score (nSPS) is 13.9. The standard InChI is InChI=1S/C23H30N2O4/c1-4-27-20-10-8-7-9-19(20)24-13-15-25(16-14-24)23(26)18-11-12-21(28-5-2)22(17-18)29-6-3/h7-12,17H,4-6,13-16H2,1-3H3. The van der Waals surface area contributed by atoms with E-state index in [4.69, 9.17) is 14.2 Å². The fraction of sp³-hybridized carbons (Fsp3) is 0.435. The molecule has 2 aromatic carbocycles. The van der Waals surface area contributed by atoms with Gasteiger partial charge in [0.1, 0.15) is 5.75 Å². The first-order valence-corrected chi connectivity index (χ1v) is 10.3. The number of carbonyl (C=O) groups excluding carboxylic acids is 1. The van der Waals surface area contributed by atoms with Crippen LogP contribution >= 0.6 is 0 Å². The van der Waals surface area contributed by atoms with E-state index in [-0.39, 0.29) is 5.91 Å². The number of amides is 1. The Kier molecular flexibility index (Phi) is 7.22. The Labute approximate surface area is 173 Å². The molecule has 2 aromatic rings. The van der Waals surface area contributed by atoms with Crippen molar-refractivity contribution in [1.29, 1.82) is 0 Å². The van der Waals surface area contributed by atoms with Gasteiger partial charge in [-0.05, 0) is 51.1 Å². The van der Waals surface area contributed by atoms with Crippen molar-refractivity contribution in [2.45, 2.75) is 20.8 Å². The summed E-state index contributed by atoms with van der Waals surface area (Å²) in [5.41, 5.74) is 1.71. The number of hydrogen-bond donors (Lipinski definition) is 0. The van der Waals surface area contributed by atoms with Crippen LogP contribution in [0.4, 0.5) is 5.69 Å². The Bertz CT molecular complexity index is 816. The maximum absolute atomic E-state index is 13.0. The van der Waals surface area contributed by atoms with Crippen LogP contribution < -0.4 is 19.1 Å². The summed E-state index contributed by atoms with van der Waals surface area (Å²) in [4.78, 5) is 17.2. The fourth-order valence-electron chi connectivity index (χ4n) is 3.51. The molecule has 0 spiro atoms. The predicted molar refractivity (Wildman–Crippen MR) is 115 cm³/mol. The number of ether oxygens (including phenoxy) is 3. The third-order valence-electron chi connectivity index (χ3n) is 4.86. The van der Waals surface area contributed by atoms with Crippen molar-refractivity contribution in [3.05, 3.63) is 48.0 Å². The van der Waals surface area contributed by atoms with Crippen LogP contribution in [0.1, 0.15) is 31.1 Å². The van der Waals surface area contributed by atoms with E-state index in [9.17, 15) is 4.79 Å². The second-order valence-corrected chi connectivity index (χ2v) is 6.71. The first-order valence-electron chi connectivity index (χ1n) is 10.3. The first kappa shape index (κ1) is 20.8. The van der Waals surface area contributed by atoms with Gasteiger partial charge in [-0.3, -0.25) is 4.79 Å². The Hall–Kier alpha value is -2.89. The molecule has 0 aromatic heterocycles. The predicted octanol–water partition coefficient (Wildman–Crippen LogP) is 3.85. The van der Waals surface area contributed by atoms with E-state index in [1.165, 1.54) is 0 Å². The number of anilines is 1. The van der Waals surface area contributed by atoms with Crippen LogP contribution in [-0.4, -0.2) is 56.8 Å². The highest BCUT2D eigenvalue weighted by Gasteiger charge is 2.24. The van der Waals surface area contributed by atoms with Crippen molar-refractivity contribution in [3.63, 3.8) is 0 Å². The van der Waals surface area contributed by atoms with Crippen molar-refractivity contribution in [3.8, 4) is 17.2 Å². The Morgan fingerprint density at radius 1 is 0.793 bits per heavy atom. The van der Waals surface area contributed by atoms with Gasteiger partial charge < -0.3 is 24.0 Å². The van der Waals surface area contributed by atoms with Crippen molar-refractivity contribution in [1.82, 2.24) is 4.90 Å². The molecule has 1 aliphatic rings. The zero-order valence-electron chi connectivity index (χ0n) is 17.5. The van der Waals surface area contributed by atoms with Gasteiger partial charge >= 0.3 is 0 Å². The monoisotopic (exact) mass is 398 g/mol. The highest BCUT2D eigenvalue weighted by atomic mass is 16.5. The van der Waals surface area contributed by atoms with Crippen molar-refractivity contribution in [2.24, 2.45) is 0 Å². The zero-order valence-corrected chi connectivity index (χ0v) is 17.5. The molecule has 0 bridgehead atoms. The van der Waals surface area contributed by atoms with Gasteiger partial charge in [0.15, 0.2) is 11.5 Å². The molecule has 0 radical (unpaired) electrons. The number of carbonyl (C=O) groups is 1. The zero-order chi connectivity index (χ0) is 20.6. The molecule has 1 heterocycles. The van der Waals surface area contributed by atoms with Crippen molar-refractivity contribution < 1.29 is 19.0 Å². The molecule has 29 heavy (non-hydrogen) atoms. The summed E-state index contributed by atoms with van der Waals surface area (Å²) >= 11 is 0. The summed E-state index contributed by atoms with van der Waals surface area (Å²) in [7, 11) is 0. The van der Waals surface area contributed by atoms with Gasteiger partial charge in [0.25, 0.3) is 5.91 Å². The van der Waals surface area contributed by atoms with Crippen molar-refractivity contribution >= 4 is 11.6 Å². The quantitative estimate of drug-likeness (QED) is 0.676. The number of piperazine rings is 1. The maximum Gasteiger partial charge on any atom is 0.254 e. The molecule has 6 nitrogen and oxygen atoms in total. The molecular weight excluding hydrogens is 368 g/mol. The average molecular weight is 399 g/mol. The molecule has 1 saturated heterocycles. The number of benzene rings is 2.